The molecule has 8 nitrogen and oxygen atoms in total. The summed E-state index contributed by atoms with van der Waals surface area (Å²) >= 11 is 0. The highest BCUT2D eigenvalue weighted by molar-refractivity contribution is 5.44. The SMILES string of the molecule is COc1cccc(Oc2c(CN(C[C@H](O)CN3CCOCC3)C3CC3)c(C)nn2-c2ccccc2)c1. The van der Waals surface area contributed by atoms with Crippen molar-refractivity contribution in [3.8, 4) is 23.1 Å². The number of para-hydroxylation sites is 1. The van der Waals surface area contributed by atoms with Crippen LogP contribution in [0.2, 0.25) is 0 Å². The van der Waals surface area contributed by atoms with Crippen LogP contribution in [0.5, 0.6) is 17.4 Å². The minimum Gasteiger partial charge on any atom is -0.497 e. The molecule has 192 valence electrons. The third kappa shape index (κ3) is 6.07. The van der Waals surface area contributed by atoms with Crippen LogP contribution in [-0.2, 0) is 11.3 Å². The molecule has 36 heavy (non-hydrogen) atoms. The van der Waals surface area contributed by atoms with Gasteiger partial charge in [-0.15, -0.1) is 0 Å². The third-order valence-electron chi connectivity index (χ3n) is 6.84. The number of aliphatic hydroxyl groups excluding tert-OH is 1. The van der Waals surface area contributed by atoms with Gasteiger partial charge in [0.1, 0.15) is 11.5 Å². The number of nitrogens with zero attached hydrogens (tertiary/aromatic N) is 4. The van der Waals surface area contributed by atoms with Gasteiger partial charge in [-0.3, -0.25) is 9.80 Å². The van der Waals surface area contributed by atoms with Gasteiger partial charge in [0.2, 0.25) is 5.88 Å². The number of hydrogen-bond donors (Lipinski definition) is 1. The maximum Gasteiger partial charge on any atom is 0.227 e. The molecule has 0 bridgehead atoms. The fraction of sp³-hybridized carbons (Fsp3) is 0.464. The lowest BCUT2D eigenvalue weighted by Gasteiger charge is -2.31. The molecule has 2 aromatic carbocycles. The van der Waals surface area contributed by atoms with Gasteiger partial charge in [0.25, 0.3) is 0 Å². The van der Waals surface area contributed by atoms with Gasteiger partial charge in [0.15, 0.2) is 0 Å². The zero-order valence-electron chi connectivity index (χ0n) is 21.2. The van der Waals surface area contributed by atoms with Crippen LogP contribution in [0.3, 0.4) is 0 Å². The van der Waals surface area contributed by atoms with Gasteiger partial charge < -0.3 is 19.3 Å². The zero-order chi connectivity index (χ0) is 24.9. The highest BCUT2D eigenvalue weighted by Gasteiger charge is 2.33. The number of aliphatic hydroxyl groups is 1. The van der Waals surface area contributed by atoms with Crippen molar-refractivity contribution < 1.29 is 19.3 Å². The van der Waals surface area contributed by atoms with Crippen molar-refractivity contribution in [1.29, 1.82) is 0 Å². The lowest BCUT2D eigenvalue weighted by atomic mass is 10.2. The summed E-state index contributed by atoms with van der Waals surface area (Å²) in [5, 5.41) is 15.8. The molecule has 0 amide bonds. The molecule has 1 aliphatic heterocycles. The number of aromatic nitrogens is 2. The fourth-order valence-electron chi connectivity index (χ4n) is 4.74. The topological polar surface area (TPSA) is 72.2 Å². The van der Waals surface area contributed by atoms with E-state index < -0.39 is 6.10 Å². The molecule has 0 spiro atoms. The van der Waals surface area contributed by atoms with Gasteiger partial charge >= 0.3 is 0 Å². The molecule has 2 aliphatic rings. The molecule has 8 heteroatoms. The largest absolute Gasteiger partial charge is 0.497 e. The fourth-order valence-corrected chi connectivity index (χ4v) is 4.74. The molecule has 2 heterocycles. The highest BCUT2D eigenvalue weighted by Crippen LogP contribution is 2.35. The Morgan fingerprint density at radius 3 is 2.56 bits per heavy atom. The van der Waals surface area contributed by atoms with E-state index in [0.29, 0.717) is 37.3 Å². The number of aryl methyl sites for hydroxylation is 1. The molecule has 0 radical (unpaired) electrons. The Morgan fingerprint density at radius 1 is 1.08 bits per heavy atom. The van der Waals surface area contributed by atoms with Gasteiger partial charge in [0.05, 0.1) is 43.4 Å². The van der Waals surface area contributed by atoms with Crippen LogP contribution in [0.15, 0.2) is 54.6 Å². The Hall–Kier alpha value is -2.91. The van der Waals surface area contributed by atoms with Crippen LogP contribution in [0.1, 0.15) is 24.1 Å². The Kier molecular flexibility index (Phi) is 7.87. The zero-order valence-corrected chi connectivity index (χ0v) is 21.2. The number of ether oxygens (including phenoxy) is 3. The number of methoxy groups -OCH3 is 1. The molecular formula is C28H36N4O4. The number of β-amino-alcohol motifs (C(OH)–C–C–N with tert-alkyl or cyclic N) is 1. The van der Waals surface area contributed by atoms with E-state index in [-0.39, 0.29) is 0 Å². The highest BCUT2D eigenvalue weighted by atomic mass is 16.5. The number of morpholine rings is 1. The molecule has 1 N–H and O–H groups in total. The Bertz CT molecular complexity index is 1130. The summed E-state index contributed by atoms with van der Waals surface area (Å²) in [5.41, 5.74) is 2.90. The summed E-state index contributed by atoms with van der Waals surface area (Å²) in [7, 11) is 1.65. The molecule has 5 rings (SSSR count). The Labute approximate surface area is 213 Å². The quantitative estimate of drug-likeness (QED) is 0.438. The number of hydrogen-bond acceptors (Lipinski definition) is 7. The summed E-state index contributed by atoms with van der Waals surface area (Å²) in [5.74, 6) is 2.13. The smallest absolute Gasteiger partial charge is 0.227 e. The predicted octanol–water partition coefficient (Wildman–Crippen LogP) is 3.64. The molecule has 3 aromatic rings. The standard InChI is InChI=1S/C28H36N4O4/c1-21-27(20-31(22-11-12-22)19-24(33)18-30-13-15-35-16-14-30)28(32(29-21)23-7-4-3-5-8-23)36-26-10-6-9-25(17-26)34-2/h3-10,17,22,24,33H,11-16,18-20H2,1-2H3/t24-/m1/s1. The van der Waals surface area contributed by atoms with Crippen molar-refractivity contribution in [2.45, 2.75) is 38.5 Å². The van der Waals surface area contributed by atoms with Crippen molar-refractivity contribution >= 4 is 0 Å². The van der Waals surface area contributed by atoms with Crippen molar-refractivity contribution in [2.75, 3.05) is 46.5 Å². The van der Waals surface area contributed by atoms with Crippen LogP contribution in [0.4, 0.5) is 0 Å². The molecule has 2 fully saturated rings. The lowest BCUT2D eigenvalue weighted by Crippen LogP contribution is -2.45. The van der Waals surface area contributed by atoms with E-state index in [1.807, 2.05) is 66.2 Å². The monoisotopic (exact) mass is 492 g/mol. The van der Waals surface area contributed by atoms with E-state index in [9.17, 15) is 5.11 Å². The molecule has 1 aliphatic carbocycles. The van der Waals surface area contributed by atoms with Gasteiger partial charge in [-0.25, -0.2) is 4.68 Å². The van der Waals surface area contributed by atoms with E-state index in [2.05, 4.69) is 9.80 Å². The van der Waals surface area contributed by atoms with Crippen LogP contribution in [-0.4, -0.2) is 83.3 Å². The Balaban J connectivity index is 1.41. The molecule has 1 aromatic heterocycles. The first kappa shape index (κ1) is 24.8. The van der Waals surface area contributed by atoms with Crippen molar-refractivity contribution in [1.82, 2.24) is 19.6 Å². The van der Waals surface area contributed by atoms with Crippen molar-refractivity contribution in [2.24, 2.45) is 0 Å². The average molecular weight is 493 g/mol. The van der Waals surface area contributed by atoms with Gasteiger partial charge in [-0.2, -0.15) is 5.10 Å². The number of benzene rings is 2. The first-order valence-electron chi connectivity index (χ1n) is 12.8. The molecule has 1 saturated heterocycles. The van der Waals surface area contributed by atoms with Crippen molar-refractivity contribution in [3.63, 3.8) is 0 Å². The maximum atomic E-state index is 11.0. The summed E-state index contributed by atoms with van der Waals surface area (Å²) in [4.78, 5) is 4.68. The summed E-state index contributed by atoms with van der Waals surface area (Å²) < 4.78 is 19.2. The summed E-state index contributed by atoms with van der Waals surface area (Å²) in [6, 6.07) is 18.2. The minimum atomic E-state index is -0.420. The van der Waals surface area contributed by atoms with E-state index in [1.54, 1.807) is 7.11 Å². The van der Waals surface area contributed by atoms with Crippen LogP contribution in [0, 0.1) is 6.92 Å². The molecule has 1 saturated carbocycles. The second kappa shape index (κ2) is 11.4. The maximum absolute atomic E-state index is 11.0. The number of rotatable bonds is 11. The van der Waals surface area contributed by atoms with E-state index in [1.165, 1.54) is 0 Å². The lowest BCUT2D eigenvalue weighted by molar-refractivity contribution is 0.00545. The van der Waals surface area contributed by atoms with Crippen LogP contribution < -0.4 is 9.47 Å². The van der Waals surface area contributed by atoms with Crippen LogP contribution in [0.25, 0.3) is 5.69 Å². The minimum absolute atomic E-state index is 0.420. The second-order valence-electron chi connectivity index (χ2n) is 9.62. The van der Waals surface area contributed by atoms with E-state index in [4.69, 9.17) is 19.3 Å². The second-order valence-corrected chi connectivity index (χ2v) is 9.62. The first-order chi connectivity index (χ1) is 17.6. The first-order valence-corrected chi connectivity index (χ1v) is 12.8. The van der Waals surface area contributed by atoms with Gasteiger partial charge in [-0.05, 0) is 44.0 Å². The predicted molar refractivity (Wildman–Crippen MR) is 138 cm³/mol. The average Bonchev–Trinajstić information content (AvgIpc) is 3.71. The molecule has 0 unspecified atom stereocenters. The summed E-state index contributed by atoms with van der Waals surface area (Å²) in [6.45, 7) is 7.22. The molecular weight excluding hydrogens is 456 g/mol. The van der Waals surface area contributed by atoms with Gasteiger partial charge in [-0.1, -0.05) is 24.3 Å². The van der Waals surface area contributed by atoms with E-state index >= 15 is 0 Å². The van der Waals surface area contributed by atoms with Crippen LogP contribution >= 0.6 is 0 Å². The normalized spacial score (nSPS) is 17.3. The van der Waals surface area contributed by atoms with Crippen molar-refractivity contribution in [3.05, 3.63) is 65.9 Å². The van der Waals surface area contributed by atoms with Gasteiger partial charge in [0, 0.05) is 44.8 Å². The third-order valence-corrected chi connectivity index (χ3v) is 6.84. The Morgan fingerprint density at radius 2 is 1.83 bits per heavy atom. The summed E-state index contributed by atoms with van der Waals surface area (Å²) in [6.07, 6.45) is 1.89. The van der Waals surface area contributed by atoms with E-state index in [0.717, 1.165) is 61.8 Å². The molecule has 1 atom stereocenters.